The third-order valence-electron chi connectivity index (χ3n) is 3.21. The summed E-state index contributed by atoms with van der Waals surface area (Å²) >= 11 is 0. The summed E-state index contributed by atoms with van der Waals surface area (Å²) in [5.41, 5.74) is 0.892. The fourth-order valence-corrected chi connectivity index (χ4v) is 2.21. The summed E-state index contributed by atoms with van der Waals surface area (Å²) in [5.74, 6) is 0.0134. The van der Waals surface area contributed by atoms with Crippen LogP contribution >= 0.6 is 0 Å². The molecule has 0 bridgehead atoms. The van der Waals surface area contributed by atoms with Crippen molar-refractivity contribution in [1.29, 1.82) is 0 Å². The van der Waals surface area contributed by atoms with E-state index < -0.39 is 6.10 Å². The number of carbonyl (C=O) groups excluding carboxylic acids is 1. The van der Waals surface area contributed by atoms with Gasteiger partial charge in [-0.1, -0.05) is 30.3 Å². The highest BCUT2D eigenvalue weighted by molar-refractivity contribution is 5.82. The summed E-state index contributed by atoms with van der Waals surface area (Å²) in [6.07, 6.45) is -0.522. The minimum atomic E-state index is -0.522. The Labute approximate surface area is 107 Å². The average Bonchev–Trinajstić information content (AvgIpc) is 2.41. The lowest BCUT2D eigenvalue weighted by molar-refractivity contribution is -0.150. The second-order valence-corrected chi connectivity index (χ2v) is 4.48. The van der Waals surface area contributed by atoms with Crippen molar-refractivity contribution >= 4 is 5.91 Å². The maximum atomic E-state index is 12.5. The Morgan fingerprint density at radius 1 is 1.44 bits per heavy atom. The minimum absolute atomic E-state index is 0.0134. The first kappa shape index (κ1) is 13.1. The number of hydrogen-bond donors (Lipinski definition) is 0. The Morgan fingerprint density at radius 2 is 2.17 bits per heavy atom. The van der Waals surface area contributed by atoms with Gasteiger partial charge in [-0.25, -0.2) is 0 Å². The molecular formula is C14H19NO3. The lowest BCUT2D eigenvalue weighted by Gasteiger charge is -2.35. The van der Waals surface area contributed by atoms with Crippen LogP contribution in [0.1, 0.15) is 18.6 Å². The largest absolute Gasteiger partial charge is 0.377 e. The highest BCUT2D eigenvalue weighted by Crippen LogP contribution is 2.21. The molecule has 0 aromatic heterocycles. The molecule has 1 aliphatic heterocycles. The molecule has 2 atom stereocenters. The fourth-order valence-electron chi connectivity index (χ4n) is 2.21. The fraction of sp³-hybridized carbons (Fsp3) is 0.500. The van der Waals surface area contributed by atoms with Crippen molar-refractivity contribution in [2.75, 3.05) is 26.9 Å². The number of benzene rings is 1. The van der Waals surface area contributed by atoms with Crippen molar-refractivity contribution in [2.24, 2.45) is 0 Å². The van der Waals surface area contributed by atoms with Crippen LogP contribution < -0.4 is 0 Å². The number of ether oxygens (including phenoxy) is 2. The van der Waals surface area contributed by atoms with E-state index in [0.29, 0.717) is 19.8 Å². The third-order valence-corrected chi connectivity index (χ3v) is 3.21. The monoisotopic (exact) mass is 249 g/mol. The van der Waals surface area contributed by atoms with E-state index in [1.807, 2.05) is 42.2 Å². The van der Waals surface area contributed by atoms with E-state index in [9.17, 15) is 4.79 Å². The zero-order valence-corrected chi connectivity index (χ0v) is 10.8. The number of amides is 1. The van der Waals surface area contributed by atoms with Crippen molar-refractivity contribution in [1.82, 2.24) is 4.90 Å². The van der Waals surface area contributed by atoms with Gasteiger partial charge in [0.05, 0.1) is 19.3 Å². The summed E-state index contributed by atoms with van der Waals surface area (Å²) in [7, 11) is 1.57. The summed E-state index contributed by atoms with van der Waals surface area (Å²) in [4.78, 5) is 14.3. The number of hydrogen-bond acceptors (Lipinski definition) is 3. The van der Waals surface area contributed by atoms with E-state index in [4.69, 9.17) is 9.47 Å². The molecular weight excluding hydrogens is 230 g/mol. The smallest absolute Gasteiger partial charge is 0.256 e. The highest BCUT2D eigenvalue weighted by atomic mass is 16.5. The van der Waals surface area contributed by atoms with Gasteiger partial charge >= 0.3 is 0 Å². The molecule has 0 spiro atoms. The van der Waals surface area contributed by atoms with Crippen LogP contribution in [0.3, 0.4) is 0 Å². The Hall–Kier alpha value is -1.39. The molecule has 1 aliphatic rings. The van der Waals surface area contributed by atoms with Gasteiger partial charge < -0.3 is 14.4 Å². The van der Waals surface area contributed by atoms with E-state index in [-0.39, 0.29) is 11.9 Å². The molecule has 1 saturated heterocycles. The van der Waals surface area contributed by atoms with Gasteiger partial charge in [0.2, 0.25) is 0 Å². The summed E-state index contributed by atoms with van der Waals surface area (Å²) in [6.45, 7) is 3.82. The first-order valence-corrected chi connectivity index (χ1v) is 6.20. The van der Waals surface area contributed by atoms with Crippen LogP contribution in [-0.4, -0.2) is 43.7 Å². The maximum absolute atomic E-state index is 12.5. The molecule has 1 amide bonds. The van der Waals surface area contributed by atoms with E-state index in [1.165, 1.54) is 0 Å². The quantitative estimate of drug-likeness (QED) is 0.817. The normalized spacial score (nSPS) is 21.7. The third kappa shape index (κ3) is 2.71. The molecule has 18 heavy (non-hydrogen) atoms. The Morgan fingerprint density at radius 3 is 2.78 bits per heavy atom. The second kappa shape index (κ2) is 5.98. The van der Waals surface area contributed by atoms with Crippen LogP contribution in [0.25, 0.3) is 0 Å². The van der Waals surface area contributed by atoms with Crippen molar-refractivity contribution in [2.45, 2.75) is 19.1 Å². The van der Waals surface area contributed by atoms with Gasteiger partial charge in [-0.2, -0.15) is 0 Å². The molecule has 0 N–H and O–H groups in total. The van der Waals surface area contributed by atoms with Gasteiger partial charge in [-0.15, -0.1) is 0 Å². The first-order chi connectivity index (χ1) is 8.74. The Balaban J connectivity index is 2.15. The summed E-state index contributed by atoms with van der Waals surface area (Å²) in [6, 6.07) is 9.69. The molecule has 1 heterocycles. The van der Waals surface area contributed by atoms with Crippen LogP contribution in [0, 0.1) is 0 Å². The molecule has 0 radical (unpaired) electrons. The molecule has 4 nitrogen and oxygen atoms in total. The molecule has 0 aliphatic carbocycles. The van der Waals surface area contributed by atoms with Gasteiger partial charge in [-0.05, 0) is 12.5 Å². The van der Waals surface area contributed by atoms with Crippen LogP contribution in [0.2, 0.25) is 0 Å². The molecule has 1 aromatic carbocycles. The van der Waals surface area contributed by atoms with Crippen molar-refractivity contribution < 1.29 is 14.3 Å². The number of morpholine rings is 1. The zero-order chi connectivity index (χ0) is 13.0. The molecule has 1 fully saturated rings. The van der Waals surface area contributed by atoms with E-state index in [2.05, 4.69) is 0 Å². The lowest BCUT2D eigenvalue weighted by atomic mass is 10.1. The molecule has 0 saturated carbocycles. The topological polar surface area (TPSA) is 38.8 Å². The van der Waals surface area contributed by atoms with Crippen LogP contribution in [0.15, 0.2) is 30.3 Å². The highest BCUT2D eigenvalue weighted by Gasteiger charge is 2.30. The van der Waals surface area contributed by atoms with Crippen molar-refractivity contribution in [3.05, 3.63) is 35.9 Å². The standard InChI is InChI=1S/C14H19NO3/c1-11-10-18-9-8-15(11)14(16)13(17-2)12-6-4-3-5-7-12/h3-7,11,13H,8-10H2,1-2H3/t11-,13+/m0/s1. The van der Waals surface area contributed by atoms with Crippen LogP contribution in [0.4, 0.5) is 0 Å². The lowest BCUT2D eigenvalue weighted by Crippen LogP contribution is -2.49. The van der Waals surface area contributed by atoms with Gasteiger partial charge in [0.25, 0.3) is 5.91 Å². The molecule has 98 valence electrons. The second-order valence-electron chi connectivity index (χ2n) is 4.48. The summed E-state index contributed by atoms with van der Waals surface area (Å²) in [5, 5.41) is 0. The zero-order valence-electron chi connectivity index (χ0n) is 10.8. The van der Waals surface area contributed by atoms with Crippen LogP contribution in [-0.2, 0) is 14.3 Å². The Bertz CT molecular complexity index is 393. The predicted octanol–water partition coefficient (Wildman–Crippen LogP) is 1.62. The number of rotatable bonds is 3. The van der Waals surface area contributed by atoms with Gasteiger partial charge in [0.1, 0.15) is 0 Å². The number of methoxy groups -OCH3 is 1. The number of carbonyl (C=O) groups is 1. The van der Waals surface area contributed by atoms with Gasteiger partial charge in [-0.3, -0.25) is 4.79 Å². The van der Waals surface area contributed by atoms with E-state index in [0.717, 1.165) is 5.56 Å². The van der Waals surface area contributed by atoms with E-state index >= 15 is 0 Å². The molecule has 2 rings (SSSR count). The predicted molar refractivity (Wildman–Crippen MR) is 68.2 cm³/mol. The molecule has 4 heteroatoms. The van der Waals surface area contributed by atoms with Gasteiger partial charge in [0, 0.05) is 13.7 Å². The maximum Gasteiger partial charge on any atom is 0.256 e. The minimum Gasteiger partial charge on any atom is -0.377 e. The van der Waals surface area contributed by atoms with E-state index in [1.54, 1.807) is 7.11 Å². The van der Waals surface area contributed by atoms with Crippen molar-refractivity contribution in [3.8, 4) is 0 Å². The van der Waals surface area contributed by atoms with Gasteiger partial charge in [0.15, 0.2) is 6.10 Å². The Kier molecular flexibility index (Phi) is 4.33. The SMILES string of the molecule is CO[C@@H](C(=O)N1CCOC[C@@H]1C)c1ccccc1. The molecule has 1 aromatic rings. The van der Waals surface area contributed by atoms with Crippen LogP contribution in [0.5, 0.6) is 0 Å². The van der Waals surface area contributed by atoms with Crippen molar-refractivity contribution in [3.63, 3.8) is 0 Å². The summed E-state index contributed by atoms with van der Waals surface area (Å²) < 4.78 is 10.7. The first-order valence-electron chi connectivity index (χ1n) is 6.20. The molecule has 0 unspecified atom stereocenters. The average molecular weight is 249 g/mol. The number of nitrogens with zero attached hydrogens (tertiary/aromatic N) is 1.